The number of carbonyl (C=O) groups excluding carboxylic acids is 1. The normalized spacial score (nSPS) is 15.4. The van der Waals surface area contributed by atoms with Crippen molar-refractivity contribution in [1.82, 2.24) is 20.1 Å². The number of rotatable bonds is 5. The Bertz CT molecular complexity index is 851. The predicted molar refractivity (Wildman–Crippen MR) is 93.0 cm³/mol. The Morgan fingerprint density at radius 2 is 2.00 bits per heavy atom. The van der Waals surface area contributed by atoms with Gasteiger partial charge in [-0.05, 0) is 29.8 Å². The highest BCUT2D eigenvalue weighted by Crippen LogP contribution is 2.27. The van der Waals surface area contributed by atoms with E-state index in [1.54, 1.807) is 23.3 Å². The number of amides is 1. The number of carbonyl (C=O) groups is 1. The first-order valence-electron chi connectivity index (χ1n) is 8.23. The van der Waals surface area contributed by atoms with Crippen molar-refractivity contribution in [3.8, 4) is 17.0 Å². The Morgan fingerprint density at radius 3 is 2.84 bits per heavy atom. The minimum Gasteiger partial charge on any atom is -0.488 e. The van der Waals surface area contributed by atoms with Gasteiger partial charge in [0.25, 0.3) is 0 Å². The number of aromatic nitrogens is 3. The molecule has 6 nitrogen and oxygen atoms in total. The van der Waals surface area contributed by atoms with Crippen LogP contribution in [0.5, 0.6) is 5.75 Å². The summed E-state index contributed by atoms with van der Waals surface area (Å²) in [5.41, 5.74) is 3.06. The Labute approximate surface area is 145 Å². The van der Waals surface area contributed by atoms with Gasteiger partial charge in [0.1, 0.15) is 18.4 Å². The Morgan fingerprint density at radius 1 is 1.16 bits per heavy atom. The standard InChI is InChI=1S/C19H18N4O2/c24-19(21-12-16-11-15-3-1-2-4-18(15)25-16)13-23-17(7-10-22-23)14-5-8-20-9-6-14/h1-10,16H,11-13H2,(H,21,24)/t16-/m0/s1. The van der Waals surface area contributed by atoms with E-state index in [0.29, 0.717) is 6.54 Å². The highest BCUT2D eigenvalue weighted by Gasteiger charge is 2.22. The maximum Gasteiger partial charge on any atom is 0.241 e. The van der Waals surface area contributed by atoms with Gasteiger partial charge >= 0.3 is 0 Å². The van der Waals surface area contributed by atoms with Crippen LogP contribution in [-0.4, -0.2) is 33.3 Å². The van der Waals surface area contributed by atoms with E-state index in [1.807, 2.05) is 36.4 Å². The summed E-state index contributed by atoms with van der Waals surface area (Å²) >= 11 is 0. The fourth-order valence-electron chi connectivity index (χ4n) is 3.01. The molecule has 0 saturated heterocycles. The first-order valence-corrected chi connectivity index (χ1v) is 8.23. The minimum atomic E-state index is -0.0847. The zero-order valence-electron chi connectivity index (χ0n) is 13.6. The van der Waals surface area contributed by atoms with Crippen molar-refractivity contribution in [2.24, 2.45) is 0 Å². The quantitative estimate of drug-likeness (QED) is 0.775. The van der Waals surface area contributed by atoms with Gasteiger partial charge in [0, 0.05) is 30.6 Å². The van der Waals surface area contributed by atoms with Gasteiger partial charge in [0.2, 0.25) is 5.91 Å². The van der Waals surface area contributed by atoms with Crippen molar-refractivity contribution in [1.29, 1.82) is 0 Å². The maximum atomic E-state index is 12.3. The van der Waals surface area contributed by atoms with Crippen molar-refractivity contribution < 1.29 is 9.53 Å². The Kier molecular flexibility index (Phi) is 4.16. The number of para-hydroxylation sites is 1. The summed E-state index contributed by atoms with van der Waals surface area (Å²) in [6, 6.07) is 13.7. The van der Waals surface area contributed by atoms with E-state index in [0.717, 1.165) is 23.4 Å². The van der Waals surface area contributed by atoms with Crippen LogP contribution in [0.4, 0.5) is 0 Å². The molecule has 0 unspecified atom stereocenters. The lowest BCUT2D eigenvalue weighted by Gasteiger charge is -2.13. The van der Waals surface area contributed by atoms with Gasteiger partial charge in [-0.3, -0.25) is 14.5 Å². The maximum absolute atomic E-state index is 12.3. The van der Waals surface area contributed by atoms with Crippen LogP contribution >= 0.6 is 0 Å². The van der Waals surface area contributed by atoms with Crippen LogP contribution in [0.1, 0.15) is 5.56 Å². The molecule has 0 radical (unpaired) electrons. The third kappa shape index (κ3) is 3.38. The lowest BCUT2D eigenvalue weighted by Crippen LogP contribution is -2.36. The predicted octanol–water partition coefficient (Wildman–Crippen LogP) is 2.06. The molecule has 1 aliphatic rings. The molecule has 0 saturated carbocycles. The summed E-state index contributed by atoms with van der Waals surface area (Å²) in [6.45, 7) is 0.656. The van der Waals surface area contributed by atoms with Crippen LogP contribution in [0.3, 0.4) is 0 Å². The monoisotopic (exact) mass is 334 g/mol. The van der Waals surface area contributed by atoms with Crippen molar-refractivity contribution in [2.45, 2.75) is 19.1 Å². The first kappa shape index (κ1) is 15.4. The van der Waals surface area contributed by atoms with Crippen LogP contribution in [0.15, 0.2) is 61.1 Å². The topological polar surface area (TPSA) is 69.0 Å². The summed E-state index contributed by atoms with van der Waals surface area (Å²) in [5, 5.41) is 7.19. The molecule has 0 aliphatic carbocycles. The molecular weight excluding hydrogens is 316 g/mol. The van der Waals surface area contributed by atoms with E-state index in [-0.39, 0.29) is 18.6 Å². The number of pyridine rings is 1. The van der Waals surface area contributed by atoms with Gasteiger partial charge in [0.05, 0.1) is 12.2 Å². The molecule has 1 aromatic carbocycles. The lowest BCUT2D eigenvalue weighted by atomic mass is 10.1. The second kappa shape index (κ2) is 6.76. The SMILES string of the molecule is O=C(Cn1nccc1-c1ccncc1)NC[C@@H]1Cc2ccccc2O1. The number of hydrogen-bond donors (Lipinski definition) is 1. The van der Waals surface area contributed by atoms with E-state index < -0.39 is 0 Å². The molecule has 1 atom stereocenters. The summed E-state index contributed by atoms with van der Waals surface area (Å²) in [5.74, 6) is 0.826. The number of nitrogens with one attached hydrogen (secondary N) is 1. The van der Waals surface area contributed by atoms with E-state index in [2.05, 4.69) is 21.5 Å². The molecule has 1 aliphatic heterocycles. The summed E-state index contributed by atoms with van der Waals surface area (Å²) in [4.78, 5) is 16.3. The number of ether oxygens (including phenoxy) is 1. The zero-order chi connectivity index (χ0) is 17.1. The number of hydrogen-bond acceptors (Lipinski definition) is 4. The smallest absolute Gasteiger partial charge is 0.241 e. The van der Waals surface area contributed by atoms with Gasteiger partial charge in [0.15, 0.2) is 0 Å². The second-order valence-electron chi connectivity index (χ2n) is 5.97. The van der Waals surface area contributed by atoms with E-state index in [1.165, 1.54) is 5.56 Å². The van der Waals surface area contributed by atoms with Gasteiger partial charge in [-0.15, -0.1) is 0 Å². The molecule has 25 heavy (non-hydrogen) atoms. The fourth-order valence-corrected chi connectivity index (χ4v) is 3.01. The van der Waals surface area contributed by atoms with Crippen LogP contribution in [-0.2, 0) is 17.8 Å². The average molecular weight is 334 g/mol. The van der Waals surface area contributed by atoms with E-state index in [4.69, 9.17) is 4.74 Å². The summed E-state index contributed by atoms with van der Waals surface area (Å²) < 4.78 is 7.53. The highest BCUT2D eigenvalue weighted by atomic mass is 16.5. The van der Waals surface area contributed by atoms with Crippen LogP contribution < -0.4 is 10.1 Å². The minimum absolute atomic E-state index is 0.0151. The van der Waals surface area contributed by atoms with Gasteiger partial charge in [-0.1, -0.05) is 18.2 Å². The Balaban J connectivity index is 1.34. The molecule has 6 heteroatoms. The average Bonchev–Trinajstić information content (AvgIpc) is 3.27. The van der Waals surface area contributed by atoms with Gasteiger partial charge < -0.3 is 10.1 Å². The van der Waals surface area contributed by atoms with Crippen molar-refractivity contribution >= 4 is 5.91 Å². The largest absolute Gasteiger partial charge is 0.488 e. The molecule has 0 fully saturated rings. The molecule has 1 N–H and O–H groups in total. The van der Waals surface area contributed by atoms with Crippen molar-refractivity contribution in [2.75, 3.05) is 6.54 Å². The van der Waals surface area contributed by atoms with Gasteiger partial charge in [-0.25, -0.2) is 0 Å². The molecule has 2 aromatic heterocycles. The zero-order valence-corrected chi connectivity index (χ0v) is 13.6. The van der Waals surface area contributed by atoms with Crippen LogP contribution in [0.2, 0.25) is 0 Å². The van der Waals surface area contributed by atoms with Crippen molar-refractivity contribution in [3.05, 3.63) is 66.6 Å². The number of fused-ring (bicyclic) bond motifs is 1. The molecule has 0 spiro atoms. The molecule has 0 bridgehead atoms. The molecule has 3 aromatic rings. The third-order valence-electron chi connectivity index (χ3n) is 4.23. The highest BCUT2D eigenvalue weighted by molar-refractivity contribution is 5.76. The summed E-state index contributed by atoms with van der Waals surface area (Å²) in [6.07, 6.45) is 5.95. The van der Waals surface area contributed by atoms with Crippen LogP contribution in [0, 0.1) is 0 Å². The molecule has 4 rings (SSSR count). The third-order valence-corrected chi connectivity index (χ3v) is 4.23. The molecule has 1 amide bonds. The fraction of sp³-hybridized carbons (Fsp3) is 0.211. The number of benzene rings is 1. The molecular formula is C19H18N4O2. The van der Waals surface area contributed by atoms with E-state index >= 15 is 0 Å². The molecule has 126 valence electrons. The first-order chi connectivity index (χ1) is 12.3. The van der Waals surface area contributed by atoms with E-state index in [9.17, 15) is 4.79 Å². The summed E-state index contributed by atoms with van der Waals surface area (Å²) in [7, 11) is 0. The van der Waals surface area contributed by atoms with Gasteiger partial charge in [-0.2, -0.15) is 5.10 Å². The van der Waals surface area contributed by atoms with Crippen molar-refractivity contribution in [3.63, 3.8) is 0 Å². The van der Waals surface area contributed by atoms with Crippen LogP contribution in [0.25, 0.3) is 11.3 Å². The Hall–Kier alpha value is -3.15. The lowest BCUT2D eigenvalue weighted by molar-refractivity contribution is -0.122. The molecule has 3 heterocycles. The number of nitrogens with zero attached hydrogens (tertiary/aromatic N) is 3. The second-order valence-corrected chi connectivity index (χ2v) is 5.97.